The van der Waals surface area contributed by atoms with Crippen molar-refractivity contribution in [2.24, 2.45) is 5.73 Å². The molecular formula is C15H16N2O. The van der Waals surface area contributed by atoms with Crippen molar-refractivity contribution in [2.45, 2.75) is 18.9 Å². The van der Waals surface area contributed by atoms with E-state index in [9.17, 15) is 4.79 Å². The van der Waals surface area contributed by atoms with Crippen LogP contribution in [0.3, 0.4) is 0 Å². The lowest BCUT2D eigenvalue weighted by molar-refractivity contribution is -0.120. The van der Waals surface area contributed by atoms with Crippen molar-refractivity contribution in [3.8, 4) is 0 Å². The number of carbonyl (C=O) groups excluding carboxylic acids is 1. The molecule has 0 bridgehead atoms. The fourth-order valence-corrected chi connectivity index (χ4v) is 2.59. The number of piperidine rings is 1. The average molecular weight is 240 g/mol. The normalized spacial score (nSPS) is 20.4. The van der Waals surface area contributed by atoms with E-state index < -0.39 is 0 Å². The zero-order valence-electron chi connectivity index (χ0n) is 10.2. The van der Waals surface area contributed by atoms with Gasteiger partial charge in [0.25, 0.3) is 0 Å². The average Bonchev–Trinajstić information content (AvgIpc) is 2.41. The molecule has 92 valence electrons. The third kappa shape index (κ3) is 1.77. The molecule has 3 nitrogen and oxygen atoms in total. The van der Waals surface area contributed by atoms with E-state index in [1.165, 1.54) is 0 Å². The minimum absolute atomic E-state index is 0.0394. The number of amides is 1. The molecule has 1 unspecified atom stereocenters. The molecule has 1 aliphatic heterocycles. The molecule has 0 radical (unpaired) electrons. The van der Waals surface area contributed by atoms with Crippen LogP contribution in [0.15, 0.2) is 42.5 Å². The molecule has 1 aliphatic rings. The van der Waals surface area contributed by atoms with Gasteiger partial charge in [-0.05, 0) is 24.3 Å². The van der Waals surface area contributed by atoms with Crippen molar-refractivity contribution in [1.29, 1.82) is 0 Å². The fourth-order valence-electron chi connectivity index (χ4n) is 2.59. The molecule has 3 heteroatoms. The first-order valence-corrected chi connectivity index (χ1v) is 6.32. The van der Waals surface area contributed by atoms with Crippen LogP contribution in [-0.4, -0.2) is 18.5 Å². The standard InChI is InChI=1S/C15H16N2O/c16-13-8-4-10-17(15(13)18)14-9-3-6-11-5-1-2-7-12(11)14/h1-3,5-7,9,13H,4,8,10,16H2. The Hall–Kier alpha value is -1.87. The van der Waals surface area contributed by atoms with Crippen LogP contribution in [0.4, 0.5) is 5.69 Å². The zero-order chi connectivity index (χ0) is 12.5. The van der Waals surface area contributed by atoms with E-state index in [0.717, 1.165) is 35.8 Å². The van der Waals surface area contributed by atoms with E-state index in [4.69, 9.17) is 5.73 Å². The Morgan fingerprint density at radius 1 is 1.11 bits per heavy atom. The first-order chi connectivity index (χ1) is 8.77. The zero-order valence-corrected chi connectivity index (χ0v) is 10.2. The van der Waals surface area contributed by atoms with Crippen LogP contribution < -0.4 is 10.6 Å². The second-order valence-corrected chi connectivity index (χ2v) is 4.74. The number of rotatable bonds is 1. The van der Waals surface area contributed by atoms with Gasteiger partial charge in [-0.15, -0.1) is 0 Å². The number of nitrogens with zero attached hydrogens (tertiary/aromatic N) is 1. The number of carbonyl (C=O) groups is 1. The molecule has 0 spiro atoms. The van der Waals surface area contributed by atoms with Crippen LogP contribution in [0.2, 0.25) is 0 Å². The van der Waals surface area contributed by atoms with Crippen molar-refractivity contribution in [1.82, 2.24) is 0 Å². The van der Waals surface area contributed by atoms with Gasteiger partial charge in [0, 0.05) is 11.9 Å². The number of anilines is 1. The van der Waals surface area contributed by atoms with Crippen LogP contribution in [0.25, 0.3) is 10.8 Å². The second-order valence-electron chi connectivity index (χ2n) is 4.74. The van der Waals surface area contributed by atoms with Gasteiger partial charge >= 0.3 is 0 Å². The summed E-state index contributed by atoms with van der Waals surface area (Å²) in [6.45, 7) is 0.764. The van der Waals surface area contributed by atoms with E-state index in [1.807, 2.05) is 29.2 Å². The van der Waals surface area contributed by atoms with Gasteiger partial charge in [0.2, 0.25) is 5.91 Å². The van der Waals surface area contributed by atoms with Gasteiger partial charge < -0.3 is 10.6 Å². The van der Waals surface area contributed by atoms with Gasteiger partial charge in [-0.25, -0.2) is 0 Å². The Morgan fingerprint density at radius 2 is 1.89 bits per heavy atom. The Balaban J connectivity index is 2.11. The Bertz CT molecular complexity index is 589. The third-order valence-electron chi connectivity index (χ3n) is 3.54. The van der Waals surface area contributed by atoms with Gasteiger partial charge in [-0.1, -0.05) is 36.4 Å². The number of fused-ring (bicyclic) bond motifs is 1. The summed E-state index contributed by atoms with van der Waals surface area (Å²) in [7, 11) is 0. The summed E-state index contributed by atoms with van der Waals surface area (Å²) in [6.07, 6.45) is 1.76. The lowest BCUT2D eigenvalue weighted by Gasteiger charge is -2.31. The summed E-state index contributed by atoms with van der Waals surface area (Å²) in [5.74, 6) is 0.0394. The van der Waals surface area contributed by atoms with Gasteiger partial charge in [-0.3, -0.25) is 4.79 Å². The Kier molecular flexibility index (Phi) is 2.76. The number of hydrogen-bond acceptors (Lipinski definition) is 2. The van der Waals surface area contributed by atoms with Crippen molar-refractivity contribution < 1.29 is 4.79 Å². The molecule has 1 amide bonds. The molecular weight excluding hydrogens is 224 g/mol. The smallest absolute Gasteiger partial charge is 0.243 e. The van der Waals surface area contributed by atoms with Crippen molar-refractivity contribution >= 4 is 22.4 Å². The SMILES string of the molecule is NC1CCCN(c2cccc3ccccc23)C1=O. The van der Waals surface area contributed by atoms with Crippen LogP contribution in [0.5, 0.6) is 0 Å². The molecule has 1 fully saturated rings. The Morgan fingerprint density at radius 3 is 2.78 bits per heavy atom. The highest BCUT2D eigenvalue weighted by Crippen LogP contribution is 2.29. The van der Waals surface area contributed by atoms with Gasteiger partial charge in [0.1, 0.15) is 0 Å². The predicted molar refractivity (Wildman–Crippen MR) is 73.5 cm³/mol. The molecule has 2 aromatic carbocycles. The second kappa shape index (κ2) is 4.42. The van der Waals surface area contributed by atoms with E-state index in [-0.39, 0.29) is 11.9 Å². The molecule has 2 N–H and O–H groups in total. The maximum absolute atomic E-state index is 12.2. The van der Waals surface area contributed by atoms with Crippen LogP contribution in [0.1, 0.15) is 12.8 Å². The largest absolute Gasteiger partial charge is 0.320 e. The predicted octanol–water partition coefficient (Wildman–Crippen LogP) is 2.29. The molecule has 1 saturated heterocycles. The third-order valence-corrected chi connectivity index (χ3v) is 3.54. The van der Waals surface area contributed by atoms with Crippen molar-refractivity contribution in [2.75, 3.05) is 11.4 Å². The Labute approximate surface area is 106 Å². The number of nitrogens with two attached hydrogens (primary N) is 1. The van der Waals surface area contributed by atoms with Gasteiger partial charge in [-0.2, -0.15) is 0 Å². The molecule has 0 saturated carbocycles. The van der Waals surface area contributed by atoms with Gasteiger partial charge in [0.05, 0.1) is 11.7 Å². The summed E-state index contributed by atoms with van der Waals surface area (Å²) >= 11 is 0. The first-order valence-electron chi connectivity index (χ1n) is 6.32. The molecule has 0 aliphatic carbocycles. The number of benzene rings is 2. The lowest BCUT2D eigenvalue weighted by Crippen LogP contribution is -2.48. The molecule has 1 heterocycles. The number of hydrogen-bond donors (Lipinski definition) is 1. The molecule has 1 atom stereocenters. The molecule has 2 aromatic rings. The quantitative estimate of drug-likeness (QED) is 0.831. The van der Waals surface area contributed by atoms with Crippen molar-refractivity contribution in [3.63, 3.8) is 0 Å². The minimum atomic E-state index is -0.349. The maximum Gasteiger partial charge on any atom is 0.243 e. The minimum Gasteiger partial charge on any atom is -0.320 e. The highest BCUT2D eigenvalue weighted by molar-refractivity contribution is 6.05. The topological polar surface area (TPSA) is 46.3 Å². The summed E-state index contributed by atoms with van der Waals surface area (Å²) in [4.78, 5) is 14.0. The van der Waals surface area contributed by atoms with E-state index in [0.29, 0.717) is 0 Å². The van der Waals surface area contributed by atoms with Crippen molar-refractivity contribution in [3.05, 3.63) is 42.5 Å². The van der Waals surface area contributed by atoms with E-state index >= 15 is 0 Å². The van der Waals surface area contributed by atoms with E-state index in [2.05, 4.69) is 18.2 Å². The van der Waals surface area contributed by atoms with Gasteiger partial charge in [0.15, 0.2) is 0 Å². The maximum atomic E-state index is 12.2. The summed E-state index contributed by atoms with van der Waals surface area (Å²) in [5.41, 5.74) is 6.84. The first kappa shape index (κ1) is 11.2. The van der Waals surface area contributed by atoms with Crippen LogP contribution >= 0.6 is 0 Å². The summed E-state index contributed by atoms with van der Waals surface area (Å²) in [6, 6.07) is 13.8. The monoisotopic (exact) mass is 240 g/mol. The highest BCUT2D eigenvalue weighted by atomic mass is 16.2. The van der Waals surface area contributed by atoms with E-state index in [1.54, 1.807) is 0 Å². The molecule has 3 rings (SSSR count). The molecule has 18 heavy (non-hydrogen) atoms. The highest BCUT2D eigenvalue weighted by Gasteiger charge is 2.27. The summed E-state index contributed by atoms with van der Waals surface area (Å²) < 4.78 is 0. The molecule has 0 aromatic heterocycles. The fraction of sp³-hybridized carbons (Fsp3) is 0.267. The van der Waals surface area contributed by atoms with Crippen LogP contribution in [-0.2, 0) is 4.79 Å². The van der Waals surface area contributed by atoms with Crippen LogP contribution in [0, 0.1) is 0 Å². The summed E-state index contributed by atoms with van der Waals surface area (Å²) in [5, 5.41) is 2.27. The lowest BCUT2D eigenvalue weighted by atomic mass is 10.0.